The van der Waals surface area contributed by atoms with Crippen molar-refractivity contribution in [2.75, 3.05) is 51.8 Å². The molecule has 1 aromatic carbocycles. The van der Waals surface area contributed by atoms with Crippen molar-refractivity contribution < 1.29 is 14.3 Å². The van der Waals surface area contributed by atoms with E-state index in [0.29, 0.717) is 39.3 Å². The van der Waals surface area contributed by atoms with Gasteiger partial charge in [-0.15, -0.1) is 0 Å². The zero-order valence-electron chi connectivity index (χ0n) is 15.6. The largest absolute Gasteiger partial charge is 0.378 e. The standard InChI is InChI=1S/C19H28N4O3/c1-21(2)16-6-3-5-15(13-16)14-20-19(25)23-10-8-22(9-11-23)18(24)17-7-4-12-26-17/h3,5-6,13,17H,4,7-12,14H2,1-2H3,(H,20,25). The smallest absolute Gasteiger partial charge is 0.317 e. The zero-order valence-corrected chi connectivity index (χ0v) is 15.6. The maximum absolute atomic E-state index is 12.4. The van der Waals surface area contributed by atoms with Crippen LogP contribution in [0.15, 0.2) is 24.3 Å². The quantitative estimate of drug-likeness (QED) is 0.879. The predicted molar refractivity (Wildman–Crippen MR) is 100 cm³/mol. The number of carbonyl (C=O) groups is 2. The second-order valence-corrected chi connectivity index (χ2v) is 7.04. The van der Waals surface area contributed by atoms with E-state index in [0.717, 1.165) is 24.1 Å². The molecule has 0 spiro atoms. The maximum Gasteiger partial charge on any atom is 0.317 e. The molecule has 1 N–H and O–H groups in total. The van der Waals surface area contributed by atoms with Gasteiger partial charge in [-0.3, -0.25) is 4.79 Å². The zero-order chi connectivity index (χ0) is 18.5. The number of anilines is 1. The van der Waals surface area contributed by atoms with Gasteiger partial charge in [-0.1, -0.05) is 12.1 Å². The molecule has 3 rings (SSSR count). The van der Waals surface area contributed by atoms with Crippen LogP contribution in [0.5, 0.6) is 0 Å². The Hall–Kier alpha value is -2.28. The molecule has 1 atom stereocenters. The van der Waals surface area contributed by atoms with Gasteiger partial charge in [0.25, 0.3) is 5.91 Å². The second kappa shape index (κ2) is 8.40. The Morgan fingerprint density at radius 1 is 1.19 bits per heavy atom. The third kappa shape index (κ3) is 4.46. The minimum atomic E-state index is -0.278. The molecule has 3 amide bonds. The predicted octanol–water partition coefficient (Wildman–Crippen LogP) is 1.29. The normalized spacial score (nSPS) is 20.2. The number of amides is 3. The van der Waals surface area contributed by atoms with Crippen LogP contribution in [0.2, 0.25) is 0 Å². The molecule has 26 heavy (non-hydrogen) atoms. The van der Waals surface area contributed by atoms with Gasteiger partial charge < -0.3 is 24.8 Å². The number of nitrogens with one attached hydrogen (secondary N) is 1. The summed E-state index contributed by atoms with van der Waals surface area (Å²) in [5, 5.41) is 2.97. The lowest BCUT2D eigenvalue weighted by Crippen LogP contribution is -2.54. The van der Waals surface area contributed by atoms with Crippen molar-refractivity contribution >= 4 is 17.6 Å². The monoisotopic (exact) mass is 360 g/mol. The number of nitrogens with zero attached hydrogens (tertiary/aromatic N) is 3. The van der Waals surface area contributed by atoms with Gasteiger partial charge >= 0.3 is 6.03 Å². The van der Waals surface area contributed by atoms with Crippen LogP contribution in [-0.4, -0.2) is 74.7 Å². The van der Waals surface area contributed by atoms with E-state index >= 15 is 0 Å². The highest BCUT2D eigenvalue weighted by molar-refractivity contribution is 5.81. The summed E-state index contributed by atoms with van der Waals surface area (Å²) in [7, 11) is 3.99. The summed E-state index contributed by atoms with van der Waals surface area (Å²) in [5.74, 6) is 0.0723. The van der Waals surface area contributed by atoms with Gasteiger partial charge in [0.1, 0.15) is 6.10 Å². The number of urea groups is 1. The third-order valence-electron chi connectivity index (χ3n) is 4.95. The fourth-order valence-corrected chi connectivity index (χ4v) is 3.34. The van der Waals surface area contributed by atoms with E-state index in [9.17, 15) is 9.59 Å². The van der Waals surface area contributed by atoms with Gasteiger partial charge in [0.05, 0.1) is 0 Å². The molecular weight excluding hydrogens is 332 g/mol. The van der Waals surface area contributed by atoms with Crippen LogP contribution in [0, 0.1) is 0 Å². The third-order valence-corrected chi connectivity index (χ3v) is 4.95. The van der Waals surface area contributed by atoms with E-state index in [4.69, 9.17) is 4.74 Å². The Morgan fingerprint density at radius 3 is 2.58 bits per heavy atom. The Morgan fingerprint density at radius 2 is 1.92 bits per heavy atom. The summed E-state index contributed by atoms with van der Waals surface area (Å²) in [6.07, 6.45) is 1.48. The van der Waals surface area contributed by atoms with E-state index in [-0.39, 0.29) is 18.0 Å². The highest BCUT2D eigenvalue weighted by atomic mass is 16.5. The highest BCUT2D eigenvalue weighted by Crippen LogP contribution is 2.16. The Balaban J connectivity index is 1.45. The van der Waals surface area contributed by atoms with Gasteiger partial charge in [-0.25, -0.2) is 4.79 Å². The van der Waals surface area contributed by atoms with Crippen molar-refractivity contribution in [2.45, 2.75) is 25.5 Å². The average Bonchev–Trinajstić information content (AvgIpc) is 3.20. The first-order valence-electron chi connectivity index (χ1n) is 9.24. The highest BCUT2D eigenvalue weighted by Gasteiger charge is 2.31. The van der Waals surface area contributed by atoms with Gasteiger partial charge in [-0.05, 0) is 30.5 Å². The first-order chi connectivity index (χ1) is 12.5. The number of hydrogen-bond donors (Lipinski definition) is 1. The van der Waals surface area contributed by atoms with E-state index in [1.165, 1.54) is 0 Å². The SMILES string of the molecule is CN(C)c1cccc(CNC(=O)N2CCN(C(=O)C3CCCO3)CC2)c1. The molecule has 2 heterocycles. The first kappa shape index (κ1) is 18.5. The summed E-state index contributed by atoms with van der Waals surface area (Å²) in [4.78, 5) is 30.4. The molecule has 1 aromatic rings. The topological polar surface area (TPSA) is 65.1 Å². The van der Waals surface area contributed by atoms with Gasteiger partial charge in [0.2, 0.25) is 0 Å². The van der Waals surface area contributed by atoms with E-state index in [1.807, 2.05) is 42.1 Å². The van der Waals surface area contributed by atoms with Crippen molar-refractivity contribution in [3.8, 4) is 0 Å². The van der Waals surface area contributed by atoms with Crippen LogP contribution in [0.25, 0.3) is 0 Å². The molecule has 1 unspecified atom stereocenters. The molecule has 0 radical (unpaired) electrons. The minimum Gasteiger partial charge on any atom is -0.378 e. The molecule has 0 saturated carbocycles. The molecule has 0 aromatic heterocycles. The maximum atomic E-state index is 12.4. The van der Waals surface area contributed by atoms with Crippen LogP contribution in [0.4, 0.5) is 10.5 Å². The second-order valence-electron chi connectivity index (χ2n) is 7.04. The Kier molecular flexibility index (Phi) is 5.98. The number of ether oxygens (including phenoxy) is 1. The molecule has 2 aliphatic rings. The average molecular weight is 360 g/mol. The summed E-state index contributed by atoms with van der Waals surface area (Å²) < 4.78 is 5.47. The van der Waals surface area contributed by atoms with Crippen LogP contribution in [-0.2, 0) is 16.1 Å². The van der Waals surface area contributed by atoms with Crippen molar-refractivity contribution in [3.63, 3.8) is 0 Å². The fraction of sp³-hybridized carbons (Fsp3) is 0.579. The van der Waals surface area contributed by atoms with E-state index in [1.54, 1.807) is 4.90 Å². The van der Waals surface area contributed by atoms with E-state index in [2.05, 4.69) is 11.4 Å². The number of rotatable bonds is 4. The van der Waals surface area contributed by atoms with Gasteiger partial charge in [0, 0.05) is 59.1 Å². The summed E-state index contributed by atoms with van der Waals surface area (Å²) in [6.45, 7) is 3.43. The van der Waals surface area contributed by atoms with E-state index < -0.39 is 0 Å². The van der Waals surface area contributed by atoms with Crippen LogP contribution < -0.4 is 10.2 Å². The molecule has 7 heteroatoms. The van der Waals surface area contributed by atoms with Gasteiger partial charge in [0.15, 0.2) is 0 Å². The molecule has 2 fully saturated rings. The lowest BCUT2D eigenvalue weighted by atomic mass is 10.2. The first-order valence-corrected chi connectivity index (χ1v) is 9.24. The summed E-state index contributed by atoms with van der Waals surface area (Å²) in [5.41, 5.74) is 2.18. The Bertz CT molecular complexity index is 635. The van der Waals surface area contributed by atoms with Crippen molar-refractivity contribution in [3.05, 3.63) is 29.8 Å². The number of benzene rings is 1. The lowest BCUT2D eigenvalue weighted by molar-refractivity contribution is -0.142. The molecular formula is C19H28N4O3. The summed E-state index contributed by atoms with van der Waals surface area (Å²) in [6, 6.07) is 8.02. The number of piperazine rings is 1. The van der Waals surface area contributed by atoms with Crippen LogP contribution in [0.1, 0.15) is 18.4 Å². The minimum absolute atomic E-state index is 0.0723. The van der Waals surface area contributed by atoms with Crippen molar-refractivity contribution in [2.24, 2.45) is 0 Å². The summed E-state index contributed by atoms with van der Waals surface area (Å²) >= 11 is 0. The lowest BCUT2D eigenvalue weighted by Gasteiger charge is -2.35. The van der Waals surface area contributed by atoms with Crippen molar-refractivity contribution in [1.82, 2.24) is 15.1 Å². The molecule has 142 valence electrons. The number of hydrogen-bond acceptors (Lipinski definition) is 4. The Labute approximate surface area is 154 Å². The number of carbonyl (C=O) groups excluding carboxylic acids is 2. The van der Waals surface area contributed by atoms with Gasteiger partial charge in [-0.2, -0.15) is 0 Å². The molecule has 0 aliphatic carbocycles. The molecule has 2 aliphatic heterocycles. The molecule has 2 saturated heterocycles. The van der Waals surface area contributed by atoms with Crippen LogP contribution >= 0.6 is 0 Å². The fourth-order valence-electron chi connectivity index (χ4n) is 3.34. The van der Waals surface area contributed by atoms with Crippen molar-refractivity contribution in [1.29, 1.82) is 0 Å². The molecule has 0 bridgehead atoms. The van der Waals surface area contributed by atoms with Crippen LogP contribution in [0.3, 0.4) is 0 Å². The molecule has 7 nitrogen and oxygen atoms in total.